The number of hydrogen-bond donors (Lipinski definition) is 3. The van der Waals surface area contributed by atoms with Crippen molar-refractivity contribution in [1.29, 1.82) is 0 Å². The van der Waals surface area contributed by atoms with Crippen LogP contribution in [0.1, 0.15) is 109 Å². The third-order valence-corrected chi connectivity index (χ3v) is 7.15. The first-order chi connectivity index (χ1) is 20.0. The lowest BCUT2D eigenvalue weighted by atomic mass is 9.93. The van der Waals surface area contributed by atoms with Gasteiger partial charge in [0.15, 0.2) is 0 Å². The largest absolute Gasteiger partial charge is 0.508 e. The van der Waals surface area contributed by atoms with Crippen molar-refractivity contribution in [2.24, 2.45) is 0 Å². The summed E-state index contributed by atoms with van der Waals surface area (Å²) in [5.74, 6) is -0.539. The summed E-state index contributed by atoms with van der Waals surface area (Å²) in [7, 11) is 0. The Bertz CT molecular complexity index is 1210. The Kier molecular flexibility index (Phi) is 13.1. The summed E-state index contributed by atoms with van der Waals surface area (Å²) in [5.41, 5.74) is 2.18. The second kappa shape index (κ2) is 15.8. The lowest BCUT2D eigenvalue weighted by Gasteiger charge is -2.37. The zero-order valence-electron chi connectivity index (χ0n) is 27.7. The smallest absolute Gasteiger partial charge is 0.408 e. The van der Waals surface area contributed by atoms with Crippen molar-refractivity contribution in [1.82, 2.24) is 15.5 Å². The van der Waals surface area contributed by atoms with Gasteiger partial charge in [-0.05, 0) is 96.2 Å². The van der Waals surface area contributed by atoms with Crippen molar-refractivity contribution in [2.45, 2.75) is 124 Å². The summed E-state index contributed by atoms with van der Waals surface area (Å²) in [6.45, 7) is 17.5. The van der Waals surface area contributed by atoms with Gasteiger partial charge in [0.05, 0.1) is 0 Å². The van der Waals surface area contributed by atoms with Gasteiger partial charge < -0.3 is 25.4 Å². The number of phenols is 1. The van der Waals surface area contributed by atoms with E-state index in [9.17, 15) is 19.5 Å². The minimum absolute atomic E-state index is 0.106. The molecule has 2 aromatic carbocycles. The third-order valence-electron chi connectivity index (χ3n) is 7.15. The molecule has 0 aliphatic rings. The summed E-state index contributed by atoms with van der Waals surface area (Å²) in [6, 6.07) is 10.4. The molecule has 43 heavy (non-hydrogen) atoms. The molecule has 2 rings (SSSR count). The lowest BCUT2D eigenvalue weighted by molar-refractivity contribution is -0.143. The zero-order valence-corrected chi connectivity index (χ0v) is 27.7. The second-order valence-electron chi connectivity index (χ2n) is 13.4. The number of amides is 3. The molecule has 0 radical (unpaired) electrons. The van der Waals surface area contributed by atoms with Crippen molar-refractivity contribution >= 4 is 17.9 Å². The van der Waals surface area contributed by atoms with Crippen LogP contribution in [0, 0.1) is 13.8 Å². The molecular weight excluding hydrogens is 542 g/mol. The number of carbonyl (C=O) groups excluding carboxylic acids is 3. The quantitative estimate of drug-likeness (QED) is 0.218. The van der Waals surface area contributed by atoms with E-state index in [1.165, 1.54) is 0 Å². The van der Waals surface area contributed by atoms with Crippen LogP contribution in [0.25, 0.3) is 0 Å². The molecule has 0 saturated heterocycles. The molecule has 2 aromatic rings. The van der Waals surface area contributed by atoms with E-state index >= 15 is 0 Å². The van der Waals surface area contributed by atoms with Crippen LogP contribution in [0.15, 0.2) is 42.5 Å². The molecule has 0 saturated carbocycles. The fourth-order valence-electron chi connectivity index (χ4n) is 4.93. The molecule has 8 heteroatoms. The first-order valence-corrected chi connectivity index (χ1v) is 15.5. The van der Waals surface area contributed by atoms with Crippen LogP contribution in [0.2, 0.25) is 0 Å². The summed E-state index contributed by atoms with van der Waals surface area (Å²) < 4.78 is 5.53. The molecule has 3 N–H and O–H groups in total. The Morgan fingerprint density at radius 1 is 0.907 bits per heavy atom. The molecule has 2 unspecified atom stereocenters. The van der Waals surface area contributed by atoms with Crippen LogP contribution in [-0.4, -0.2) is 51.6 Å². The summed E-state index contributed by atoms with van der Waals surface area (Å²) in [4.78, 5) is 43.4. The van der Waals surface area contributed by atoms with E-state index in [0.29, 0.717) is 13.0 Å². The first kappa shape index (κ1) is 35.6. The number of unbranched alkanes of at least 4 members (excludes halogenated alkanes) is 4. The number of ether oxygens (including phenoxy) is 1. The Hall–Kier alpha value is -3.55. The Morgan fingerprint density at radius 3 is 2.12 bits per heavy atom. The Balaban J connectivity index is 2.63. The van der Waals surface area contributed by atoms with Gasteiger partial charge >= 0.3 is 6.09 Å². The van der Waals surface area contributed by atoms with Gasteiger partial charge in [0.2, 0.25) is 11.8 Å². The highest BCUT2D eigenvalue weighted by Crippen LogP contribution is 2.29. The van der Waals surface area contributed by atoms with Gasteiger partial charge in [-0.15, -0.1) is 0 Å². The van der Waals surface area contributed by atoms with Crippen LogP contribution in [0.4, 0.5) is 4.79 Å². The first-order valence-electron chi connectivity index (χ1n) is 15.5. The monoisotopic (exact) mass is 595 g/mol. The molecule has 3 amide bonds. The molecule has 0 aromatic heterocycles. The zero-order chi connectivity index (χ0) is 32.4. The fourth-order valence-corrected chi connectivity index (χ4v) is 4.93. The number of carbonyl (C=O) groups is 3. The molecular formula is C35H53N3O5. The Labute approximate surface area is 258 Å². The number of aromatic hydroxyl groups is 1. The van der Waals surface area contributed by atoms with E-state index in [4.69, 9.17) is 4.74 Å². The minimum atomic E-state index is -1.01. The molecule has 0 aliphatic heterocycles. The number of hydrogen-bond acceptors (Lipinski definition) is 5. The number of aryl methyl sites for hydroxylation is 1. The van der Waals surface area contributed by atoms with Crippen molar-refractivity contribution < 1.29 is 24.2 Å². The highest BCUT2D eigenvalue weighted by Gasteiger charge is 2.38. The number of nitrogens with zero attached hydrogens (tertiary/aromatic N) is 1. The van der Waals surface area contributed by atoms with Gasteiger partial charge in [0.25, 0.3) is 0 Å². The van der Waals surface area contributed by atoms with E-state index in [0.717, 1.165) is 47.9 Å². The molecule has 0 aliphatic carbocycles. The van der Waals surface area contributed by atoms with E-state index < -0.39 is 29.3 Å². The van der Waals surface area contributed by atoms with Crippen molar-refractivity contribution in [3.05, 3.63) is 64.7 Å². The average molecular weight is 596 g/mol. The molecule has 0 bridgehead atoms. The van der Waals surface area contributed by atoms with Crippen LogP contribution < -0.4 is 10.6 Å². The number of phenolic OH excluding ortho intramolecular Hbond substituents is 1. The van der Waals surface area contributed by atoms with E-state index in [1.54, 1.807) is 49.9 Å². The third kappa shape index (κ3) is 11.9. The van der Waals surface area contributed by atoms with Gasteiger partial charge in [-0.2, -0.15) is 0 Å². The number of nitrogens with one attached hydrogen (secondary N) is 2. The molecule has 0 fully saturated rings. The van der Waals surface area contributed by atoms with E-state index in [-0.39, 0.29) is 24.0 Å². The lowest BCUT2D eigenvalue weighted by Crippen LogP contribution is -2.55. The molecule has 2 atom stereocenters. The Morgan fingerprint density at radius 2 is 1.53 bits per heavy atom. The molecule has 0 heterocycles. The summed E-state index contributed by atoms with van der Waals surface area (Å²) >= 11 is 0. The van der Waals surface area contributed by atoms with Crippen molar-refractivity contribution in [3.63, 3.8) is 0 Å². The van der Waals surface area contributed by atoms with Crippen molar-refractivity contribution in [2.75, 3.05) is 6.54 Å². The van der Waals surface area contributed by atoms with Crippen LogP contribution in [-0.2, 0) is 20.7 Å². The second-order valence-corrected chi connectivity index (χ2v) is 13.4. The highest BCUT2D eigenvalue weighted by molar-refractivity contribution is 5.92. The maximum Gasteiger partial charge on any atom is 0.408 e. The van der Waals surface area contributed by atoms with Gasteiger partial charge in [-0.25, -0.2) is 4.79 Å². The SMILES string of the molecule is CCCCCCCN(C(=O)C(Cc1ccc(O)cc1)NC(=O)OC(C)(C)C)C(C(=O)NC(C)(C)C)c1cccc(C)c1C. The maximum atomic E-state index is 14.6. The minimum Gasteiger partial charge on any atom is -0.508 e. The number of rotatable bonds is 13. The molecule has 0 spiro atoms. The van der Waals surface area contributed by atoms with Gasteiger partial charge in [0, 0.05) is 18.5 Å². The number of benzene rings is 2. The number of alkyl carbamates (subject to hydrolysis) is 1. The van der Waals surface area contributed by atoms with Crippen LogP contribution in [0.5, 0.6) is 5.75 Å². The van der Waals surface area contributed by atoms with Gasteiger partial charge in [-0.3, -0.25) is 9.59 Å². The predicted octanol–water partition coefficient (Wildman–Crippen LogP) is 6.90. The van der Waals surface area contributed by atoms with Gasteiger partial charge in [-0.1, -0.05) is 62.9 Å². The predicted molar refractivity (Wildman–Crippen MR) is 172 cm³/mol. The van der Waals surface area contributed by atoms with Gasteiger partial charge in [0.1, 0.15) is 23.4 Å². The maximum absolute atomic E-state index is 14.6. The van der Waals surface area contributed by atoms with Crippen LogP contribution >= 0.6 is 0 Å². The fraction of sp³-hybridized carbons (Fsp3) is 0.571. The standard InChI is InChI=1S/C35H53N3O5/c1-10-11-12-13-14-22-38(30(31(40)37-34(4,5)6)28-17-15-16-24(2)25(28)3)32(41)29(36-33(42)43-35(7,8)9)23-26-18-20-27(39)21-19-26/h15-21,29-30,39H,10-14,22-23H2,1-9H3,(H,36,42)(H,37,40). The normalized spacial score (nSPS) is 13.1. The molecule has 238 valence electrons. The summed E-state index contributed by atoms with van der Waals surface area (Å²) in [6.07, 6.45) is 4.31. The van der Waals surface area contributed by atoms with E-state index in [1.807, 2.05) is 52.8 Å². The summed E-state index contributed by atoms with van der Waals surface area (Å²) in [5, 5.41) is 15.7. The van der Waals surface area contributed by atoms with E-state index in [2.05, 4.69) is 17.6 Å². The topological polar surface area (TPSA) is 108 Å². The van der Waals surface area contributed by atoms with Crippen molar-refractivity contribution in [3.8, 4) is 5.75 Å². The average Bonchev–Trinajstić information content (AvgIpc) is 2.88. The van der Waals surface area contributed by atoms with Crippen LogP contribution in [0.3, 0.4) is 0 Å². The highest BCUT2D eigenvalue weighted by atomic mass is 16.6. The molecule has 8 nitrogen and oxygen atoms in total.